The summed E-state index contributed by atoms with van der Waals surface area (Å²) in [4.78, 5) is 11.5. The van der Waals surface area contributed by atoms with Gasteiger partial charge in [0.25, 0.3) is 0 Å². The van der Waals surface area contributed by atoms with Crippen LogP contribution >= 0.6 is 0 Å². The van der Waals surface area contributed by atoms with Crippen molar-refractivity contribution in [2.75, 3.05) is 30.9 Å². The number of anilines is 2. The smallest absolute Gasteiger partial charge is 0.225 e. The average molecular weight is 426 g/mol. The Morgan fingerprint density at radius 3 is 2.52 bits per heavy atom. The Balaban J connectivity index is 1.30. The Kier molecular flexibility index (Phi) is 6.61. The van der Waals surface area contributed by atoms with E-state index in [0.717, 1.165) is 55.0 Å². The number of hydrogen-bond donors (Lipinski definition) is 2. The number of nitrogens with one attached hydrogen (secondary N) is 2. The summed E-state index contributed by atoms with van der Waals surface area (Å²) in [6.07, 6.45) is 4.22. The SMILES string of the molecule is CN(C)c1nc(N[C@H]2CC[C@@H](CNCc3cccc(F)c3F)CC2)nc2ccccc12. The lowest BCUT2D eigenvalue weighted by atomic mass is 9.86. The van der Waals surface area contributed by atoms with Crippen molar-refractivity contribution in [2.45, 2.75) is 38.3 Å². The van der Waals surface area contributed by atoms with E-state index in [1.165, 1.54) is 0 Å². The van der Waals surface area contributed by atoms with Gasteiger partial charge in [0.05, 0.1) is 5.52 Å². The fourth-order valence-electron chi connectivity index (χ4n) is 4.25. The molecule has 4 rings (SSSR count). The number of benzene rings is 2. The molecule has 5 nitrogen and oxygen atoms in total. The maximum Gasteiger partial charge on any atom is 0.225 e. The minimum atomic E-state index is -0.792. The number of halogens is 2. The van der Waals surface area contributed by atoms with Crippen molar-refractivity contribution < 1.29 is 8.78 Å². The summed E-state index contributed by atoms with van der Waals surface area (Å²) in [6, 6.07) is 12.7. The minimum absolute atomic E-state index is 0.341. The van der Waals surface area contributed by atoms with Crippen LogP contribution in [0.15, 0.2) is 42.5 Å². The monoisotopic (exact) mass is 425 g/mol. The van der Waals surface area contributed by atoms with Crippen molar-refractivity contribution in [3.63, 3.8) is 0 Å². The first kappa shape index (κ1) is 21.4. The highest BCUT2D eigenvalue weighted by Crippen LogP contribution is 2.28. The highest BCUT2D eigenvalue weighted by molar-refractivity contribution is 5.90. The molecule has 0 bridgehead atoms. The molecule has 1 saturated carbocycles. The lowest BCUT2D eigenvalue weighted by Gasteiger charge is -2.29. The molecule has 0 aliphatic heterocycles. The van der Waals surface area contributed by atoms with Crippen molar-refractivity contribution >= 4 is 22.7 Å². The van der Waals surface area contributed by atoms with Crippen LogP contribution in [0.4, 0.5) is 20.5 Å². The van der Waals surface area contributed by atoms with Crippen LogP contribution in [0.5, 0.6) is 0 Å². The molecule has 0 radical (unpaired) electrons. The lowest BCUT2D eigenvalue weighted by molar-refractivity contribution is 0.323. The van der Waals surface area contributed by atoms with Gasteiger partial charge in [0.15, 0.2) is 11.6 Å². The summed E-state index contributed by atoms with van der Waals surface area (Å²) in [5, 5.41) is 7.85. The Hall–Kier alpha value is -2.80. The van der Waals surface area contributed by atoms with Gasteiger partial charge in [0, 0.05) is 37.6 Å². The number of para-hydroxylation sites is 1. The van der Waals surface area contributed by atoms with Crippen LogP contribution in [0.3, 0.4) is 0 Å². The van der Waals surface area contributed by atoms with Gasteiger partial charge in [0.1, 0.15) is 5.82 Å². The van der Waals surface area contributed by atoms with Gasteiger partial charge in [0.2, 0.25) is 5.95 Å². The second-order valence-electron chi connectivity index (χ2n) is 8.49. The number of aromatic nitrogens is 2. The fourth-order valence-corrected chi connectivity index (χ4v) is 4.25. The molecule has 1 aromatic heterocycles. The van der Waals surface area contributed by atoms with Crippen LogP contribution in [0.25, 0.3) is 10.9 Å². The largest absolute Gasteiger partial charge is 0.362 e. The van der Waals surface area contributed by atoms with E-state index in [0.29, 0.717) is 30.0 Å². The summed E-state index contributed by atoms with van der Waals surface area (Å²) in [5.41, 5.74) is 1.31. The van der Waals surface area contributed by atoms with Crippen LogP contribution < -0.4 is 15.5 Å². The first-order valence-corrected chi connectivity index (χ1v) is 10.9. The second-order valence-corrected chi connectivity index (χ2v) is 8.49. The maximum absolute atomic E-state index is 13.8. The predicted octanol–water partition coefficient (Wildman–Crippen LogP) is 4.73. The van der Waals surface area contributed by atoms with E-state index in [1.54, 1.807) is 12.1 Å². The number of fused-ring (bicyclic) bond motifs is 1. The molecule has 1 heterocycles. The van der Waals surface area contributed by atoms with E-state index in [1.807, 2.05) is 43.3 Å². The summed E-state index contributed by atoms with van der Waals surface area (Å²) in [5.74, 6) is 0.570. The fraction of sp³-hybridized carbons (Fsp3) is 0.417. The molecular formula is C24H29F2N5. The summed E-state index contributed by atoms with van der Waals surface area (Å²) >= 11 is 0. The van der Waals surface area contributed by atoms with Crippen molar-refractivity contribution in [3.05, 3.63) is 59.7 Å². The van der Waals surface area contributed by atoms with Crippen molar-refractivity contribution in [1.82, 2.24) is 15.3 Å². The molecule has 2 N–H and O–H groups in total. The number of rotatable bonds is 7. The van der Waals surface area contributed by atoms with Crippen molar-refractivity contribution in [1.29, 1.82) is 0 Å². The second kappa shape index (κ2) is 9.56. The number of hydrogen-bond acceptors (Lipinski definition) is 5. The minimum Gasteiger partial charge on any atom is -0.362 e. The molecule has 7 heteroatoms. The van der Waals surface area contributed by atoms with Gasteiger partial charge in [-0.2, -0.15) is 4.98 Å². The predicted molar refractivity (Wildman–Crippen MR) is 121 cm³/mol. The van der Waals surface area contributed by atoms with E-state index >= 15 is 0 Å². The summed E-state index contributed by atoms with van der Waals surface area (Å²) in [7, 11) is 3.99. The van der Waals surface area contributed by atoms with E-state index in [-0.39, 0.29) is 0 Å². The number of nitrogens with zero attached hydrogens (tertiary/aromatic N) is 3. The Bertz CT molecular complexity index is 1030. The van der Waals surface area contributed by atoms with E-state index in [9.17, 15) is 8.78 Å². The highest BCUT2D eigenvalue weighted by atomic mass is 19.2. The van der Waals surface area contributed by atoms with Crippen LogP contribution in [0.1, 0.15) is 31.2 Å². The van der Waals surface area contributed by atoms with Gasteiger partial charge in [-0.1, -0.05) is 24.3 Å². The third-order valence-electron chi connectivity index (χ3n) is 5.97. The van der Waals surface area contributed by atoms with E-state index < -0.39 is 11.6 Å². The Morgan fingerprint density at radius 2 is 1.74 bits per heavy atom. The van der Waals surface area contributed by atoms with Crippen LogP contribution in [-0.4, -0.2) is 36.6 Å². The molecule has 0 saturated heterocycles. The van der Waals surface area contributed by atoms with Gasteiger partial charge in [-0.05, 0) is 56.3 Å². The third-order valence-corrected chi connectivity index (χ3v) is 5.97. The van der Waals surface area contributed by atoms with E-state index in [4.69, 9.17) is 9.97 Å². The molecule has 1 fully saturated rings. The lowest BCUT2D eigenvalue weighted by Crippen LogP contribution is -2.31. The van der Waals surface area contributed by atoms with Crippen LogP contribution in [-0.2, 0) is 6.54 Å². The Labute approximate surface area is 181 Å². The molecule has 3 aromatic rings. The van der Waals surface area contributed by atoms with Gasteiger partial charge in [-0.3, -0.25) is 0 Å². The molecule has 164 valence electrons. The molecule has 0 unspecified atom stereocenters. The standard InChI is InChI=1S/C24H29F2N5/c1-31(2)23-19-7-3-4-9-21(19)29-24(30-23)28-18-12-10-16(11-13-18)14-27-15-17-6-5-8-20(25)22(17)26/h3-9,16,18,27H,10-15H2,1-2H3,(H,28,29,30)/t16-,18+. The highest BCUT2D eigenvalue weighted by Gasteiger charge is 2.22. The molecule has 1 aliphatic carbocycles. The molecular weight excluding hydrogens is 396 g/mol. The normalized spacial score (nSPS) is 18.8. The quantitative estimate of drug-likeness (QED) is 0.573. The summed E-state index contributed by atoms with van der Waals surface area (Å²) in [6.45, 7) is 1.15. The van der Waals surface area contributed by atoms with E-state index in [2.05, 4.69) is 10.6 Å². The first-order valence-electron chi connectivity index (χ1n) is 10.9. The zero-order valence-corrected chi connectivity index (χ0v) is 18.0. The molecule has 1 aliphatic rings. The topological polar surface area (TPSA) is 53.1 Å². The molecule has 0 spiro atoms. The van der Waals surface area contributed by atoms with Gasteiger partial charge < -0.3 is 15.5 Å². The van der Waals surface area contributed by atoms with Gasteiger partial charge >= 0.3 is 0 Å². The molecule has 0 atom stereocenters. The molecule has 31 heavy (non-hydrogen) atoms. The van der Waals surface area contributed by atoms with Crippen molar-refractivity contribution in [2.24, 2.45) is 5.92 Å². The van der Waals surface area contributed by atoms with Crippen LogP contribution in [0.2, 0.25) is 0 Å². The Morgan fingerprint density at radius 1 is 0.968 bits per heavy atom. The van der Waals surface area contributed by atoms with Crippen molar-refractivity contribution in [3.8, 4) is 0 Å². The molecule has 0 amide bonds. The third kappa shape index (κ3) is 5.10. The zero-order chi connectivity index (χ0) is 21.8. The maximum atomic E-state index is 13.8. The summed E-state index contributed by atoms with van der Waals surface area (Å²) < 4.78 is 27.1. The first-order chi connectivity index (χ1) is 15.0. The van der Waals surface area contributed by atoms with Gasteiger partial charge in [-0.25, -0.2) is 13.8 Å². The molecule has 2 aromatic carbocycles. The van der Waals surface area contributed by atoms with Crippen LogP contribution in [0, 0.1) is 17.6 Å². The zero-order valence-electron chi connectivity index (χ0n) is 18.0. The average Bonchev–Trinajstić information content (AvgIpc) is 2.77. The van der Waals surface area contributed by atoms with Gasteiger partial charge in [-0.15, -0.1) is 0 Å².